The van der Waals surface area contributed by atoms with Gasteiger partial charge in [-0.1, -0.05) is 13.8 Å². The first-order valence-corrected chi connectivity index (χ1v) is 4.56. The predicted molar refractivity (Wildman–Crippen MR) is 50.5 cm³/mol. The van der Waals surface area contributed by atoms with Gasteiger partial charge < -0.3 is 4.74 Å². The number of ether oxygens (including phenoxy) is 1. The molecular formula is C9H14ClO3. The predicted octanol–water partition coefficient (Wildman–Crippen LogP) is 1.73. The van der Waals surface area contributed by atoms with Crippen LogP contribution in [0.1, 0.15) is 27.2 Å². The van der Waals surface area contributed by atoms with Crippen molar-refractivity contribution in [1.82, 2.24) is 0 Å². The van der Waals surface area contributed by atoms with Gasteiger partial charge in [0.05, 0.1) is 6.61 Å². The summed E-state index contributed by atoms with van der Waals surface area (Å²) in [5.41, 5.74) is 0. The van der Waals surface area contributed by atoms with Gasteiger partial charge in [0.1, 0.15) is 11.2 Å². The van der Waals surface area contributed by atoms with E-state index in [4.69, 9.17) is 11.6 Å². The van der Waals surface area contributed by atoms with E-state index in [1.54, 1.807) is 20.8 Å². The Labute approximate surface area is 83.4 Å². The molecule has 13 heavy (non-hydrogen) atoms. The maximum Gasteiger partial charge on any atom is 0.324 e. The van der Waals surface area contributed by atoms with Gasteiger partial charge in [0.2, 0.25) is 0 Å². The number of ketones is 1. The van der Waals surface area contributed by atoms with E-state index >= 15 is 0 Å². The number of halogens is 1. The number of Topliss-reactive ketones (excluding diaryl/α,β-unsaturated/α-hetero) is 1. The molecule has 1 atom stereocenters. The second-order valence-corrected chi connectivity index (χ2v) is 3.37. The molecule has 4 heteroatoms. The zero-order valence-electron chi connectivity index (χ0n) is 8.09. The van der Waals surface area contributed by atoms with Crippen molar-refractivity contribution in [1.29, 1.82) is 0 Å². The molecule has 0 aromatic carbocycles. The quantitative estimate of drug-likeness (QED) is 0.507. The van der Waals surface area contributed by atoms with Gasteiger partial charge in [-0.25, -0.2) is 0 Å². The highest BCUT2D eigenvalue weighted by Gasteiger charge is 2.21. The van der Waals surface area contributed by atoms with E-state index in [0.29, 0.717) is 5.92 Å². The summed E-state index contributed by atoms with van der Waals surface area (Å²) >= 11 is 5.64. The average molecular weight is 206 g/mol. The molecule has 0 saturated carbocycles. The van der Waals surface area contributed by atoms with Crippen LogP contribution in [0.5, 0.6) is 0 Å². The van der Waals surface area contributed by atoms with Crippen molar-refractivity contribution in [3.8, 4) is 0 Å². The monoisotopic (exact) mass is 205 g/mol. The van der Waals surface area contributed by atoms with E-state index in [0.717, 1.165) is 0 Å². The van der Waals surface area contributed by atoms with E-state index < -0.39 is 11.3 Å². The summed E-state index contributed by atoms with van der Waals surface area (Å²) in [5, 5.41) is -0.859. The Morgan fingerprint density at radius 1 is 1.38 bits per heavy atom. The molecule has 1 radical (unpaired) electrons. The third kappa shape index (κ3) is 4.88. The Balaban J connectivity index is 3.92. The Hall–Kier alpha value is -0.570. The SMILES string of the molecule is CCOC(=O)C(Cl)CC(=O)[C](C)C. The Morgan fingerprint density at radius 3 is 2.31 bits per heavy atom. The number of alkyl halides is 1. The fourth-order valence-electron chi connectivity index (χ4n) is 0.683. The van der Waals surface area contributed by atoms with Crippen molar-refractivity contribution >= 4 is 23.4 Å². The van der Waals surface area contributed by atoms with E-state index in [-0.39, 0.29) is 18.8 Å². The summed E-state index contributed by atoms with van der Waals surface area (Å²) in [4.78, 5) is 22.1. The van der Waals surface area contributed by atoms with Crippen LogP contribution in [-0.2, 0) is 14.3 Å². The molecule has 0 N–H and O–H groups in total. The summed E-state index contributed by atoms with van der Waals surface area (Å²) in [6.07, 6.45) is 0.0166. The Kier molecular flexibility index (Phi) is 5.71. The standard InChI is InChI=1S/C9H14ClO3/c1-4-13-9(12)7(10)5-8(11)6(2)3/h7H,4-5H2,1-3H3. The van der Waals surface area contributed by atoms with E-state index in [1.807, 2.05) is 0 Å². The molecule has 0 aromatic heterocycles. The molecule has 1 unspecified atom stereocenters. The van der Waals surface area contributed by atoms with Crippen LogP contribution in [0.3, 0.4) is 0 Å². The largest absolute Gasteiger partial charge is 0.465 e. The van der Waals surface area contributed by atoms with Crippen LogP contribution in [0.25, 0.3) is 0 Å². The van der Waals surface area contributed by atoms with Crippen LogP contribution in [0.15, 0.2) is 0 Å². The molecule has 0 aromatic rings. The van der Waals surface area contributed by atoms with Gasteiger partial charge in [-0.05, 0) is 6.92 Å². The number of hydrogen-bond acceptors (Lipinski definition) is 3. The van der Waals surface area contributed by atoms with Gasteiger partial charge in [0.15, 0.2) is 0 Å². The third-order valence-electron chi connectivity index (χ3n) is 1.46. The summed E-state index contributed by atoms with van der Waals surface area (Å²) < 4.78 is 4.65. The Bertz CT molecular complexity index is 189. The van der Waals surface area contributed by atoms with Crippen molar-refractivity contribution in [2.45, 2.75) is 32.6 Å². The van der Waals surface area contributed by atoms with Crippen molar-refractivity contribution in [3.63, 3.8) is 0 Å². The fourth-order valence-corrected chi connectivity index (χ4v) is 0.886. The first-order chi connectivity index (χ1) is 5.99. The minimum absolute atomic E-state index is 0.0166. The molecule has 0 spiro atoms. The maximum absolute atomic E-state index is 11.1. The van der Waals surface area contributed by atoms with Crippen molar-refractivity contribution in [3.05, 3.63) is 5.92 Å². The molecule has 3 nitrogen and oxygen atoms in total. The minimum Gasteiger partial charge on any atom is -0.465 e. The smallest absolute Gasteiger partial charge is 0.324 e. The van der Waals surface area contributed by atoms with Gasteiger partial charge in [-0.2, -0.15) is 0 Å². The summed E-state index contributed by atoms with van der Waals surface area (Å²) in [6.45, 7) is 5.36. The zero-order valence-corrected chi connectivity index (χ0v) is 8.85. The van der Waals surface area contributed by atoms with Gasteiger partial charge in [0.25, 0.3) is 0 Å². The van der Waals surface area contributed by atoms with Gasteiger partial charge in [0, 0.05) is 12.3 Å². The summed E-state index contributed by atoms with van der Waals surface area (Å²) in [6, 6.07) is 0. The van der Waals surface area contributed by atoms with Crippen LogP contribution in [-0.4, -0.2) is 23.7 Å². The van der Waals surface area contributed by atoms with Crippen LogP contribution in [0.4, 0.5) is 0 Å². The van der Waals surface area contributed by atoms with Crippen LogP contribution in [0, 0.1) is 5.92 Å². The van der Waals surface area contributed by atoms with Crippen LogP contribution >= 0.6 is 11.6 Å². The van der Waals surface area contributed by atoms with Crippen molar-refractivity contribution in [2.24, 2.45) is 0 Å². The van der Waals surface area contributed by atoms with Gasteiger partial charge in [-0.15, -0.1) is 11.6 Å². The molecule has 0 heterocycles. The molecule has 0 saturated heterocycles. The highest BCUT2D eigenvalue weighted by Crippen LogP contribution is 2.10. The highest BCUT2D eigenvalue weighted by atomic mass is 35.5. The molecule has 0 bridgehead atoms. The molecule has 0 rings (SSSR count). The van der Waals surface area contributed by atoms with Crippen LogP contribution in [0.2, 0.25) is 0 Å². The normalized spacial score (nSPS) is 12.7. The average Bonchev–Trinajstić information content (AvgIpc) is 2.04. The first-order valence-electron chi connectivity index (χ1n) is 4.13. The lowest BCUT2D eigenvalue weighted by atomic mass is 10.0. The minimum atomic E-state index is -0.859. The van der Waals surface area contributed by atoms with Gasteiger partial charge >= 0.3 is 5.97 Å². The topological polar surface area (TPSA) is 43.4 Å². The molecule has 0 amide bonds. The number of rotatable bonds is 5. The number of carbonyl (C=O) groups is 2. The number of esters is 1. The lowest BCUT2D eigenvalue weighted by molar-refractivity contribution is -0.143. The summed E-state index contributed by atoms with van der Waals surface area (Å²) in [5.74, 6) is 0.0155. The lowest BCUT2D eigenvalue weighted by Crippen LogP contribution is -2.22. The third-order valence-corrected chi connectivity index (χ3v) is 1.80. The second kappa shape index (κ2) is 5.97. The lowest BCUT2D eigenvalue weighted by Gasteiger charge is -2.08. The van der Waals surface area contributed by atoms with E-state index in [1.165, 1.54) is 0 Å². The molecule has 0 aliphatic heterocycles. The van der Waals surface area contributed by atoms with Crippen molar-refractivity contribution in [2.75, 3.05) is 6.61 Å². The molecule has 0 aliphatic rings. The maximum atomic E-state index is 11.1. The van der Waals surface area contributed by atoms with Gasteiger partial charge in [-0.3, -0.25) is 9.59 Å². The number of hydrogen-bond donors (Lipinski definition) is 0. The molecule has 0 fully saturated rings. The molecule has 75 valence electrons. The number of carbonyl (C=O) groups excluding carboxylic acids is 2. The highest BCUT2D eigenvalue weighted by molar-refractivity contribution is 6.31. The van der Waals surface area contributed by atoms with Crippen LogP contribution < -0.4 is 0 Å². The first kappa shape index (κ1) is 12.4. The van der Waals surface area contributed by atoms with Crippen molar-refractivity contribution < 1.29 is 14.3 Å². The molecular weight excluding hydrogens is 192 g/mol. The zero-order chi connectivity index (χ0) is 10.4. The summed E-state index contributed by atoms with van der Waals surface area (Å²) in [7, 11) is 0. The fraction of sp³-hybridized carbons (Fsp3) is 0.667. The van der Waals surface area contributed by atoms with E-state index in [9.17, 15) is 9.59 Å². The second-order valence-electron chi connectivity index (χ2n) is 2.85. The molecule has 0 aliphatic carbocycles. The van der Waals surface area contributed by atoms with E-state index in [2.05, 4.69) is 4.74 Å². The Morgan fingerprint density at radius 2 is 1.92 bits per heavy atom.